The van der Waals surface area contributed by atoms with E-state index in [4.69, 9.17) is 27.9 Å². The number of anilines is 1. The summed E-state index contributed by atoms with van der Waals surface area (Å²) in [6.45, 7) is 0.704. The highest BCUT2D eigenvalue weighted by Gasteiger charge is 2.06. The van der Waals surface area contributed by atoms with Gasteiger partial charge in [0.05, 0.1) is 13.7 Å². The molecule has 2 aromatic carbocycles. The summed E-state index contributed by atoms with van der Waals surface area (Å²) in [6, 6.07) is 12.5. The lowest BCUT2D eigenvalue weighted by molar-refractivity contribution is -0.115. The maximum absolute atomic E-state index is 11.9. The van der Waals surface area contributed by atoms with E-state index < -0.39 is 0 Å². The van der Waals surface area contributed by atoms with Crippen LogP contribution in [0.25, 0.3) is 0 Å². The van der Waals surface area contributed by atoms with Gasteiger partial charge in [-0.25, -0.2) is 0 Å². The lowest BCUT2D eigenvalue weighted by Gasteiger charge is -2.10. The fraction of sp³-hybridized carbons (Fsp3) is 0.188. The first-order chi connectivity index (χ1) is 10.6. The maximum atomic E-state index is 11.9. The van der Waals surface area contributed by atoms with Crippen molar-refractivity contribution in [3.05, 3.63) is 58.1 Å². The van der Waals surface area contributed by atoms with E-state index in [2.05, 4.69) is 10.6 Å². The van der Waals surface area contributed by atoms with Crippen molar-refractivity contribution in [3.8, 4) is 5.75 Å². The van der Waals surface area contributed by atoms with E-state index in [1.807, 2.05) is 24.3 Å². The van der Waals surface area contributed by atoms with Crippen LogP contribution in [0, 0.1) is 0 Å². The van der Waals surface area contributed by atoms with Crippen LogP contribution in [0.3, 0.4) is 0 Å². The fourth-order valence-electron chi connectivity index (χ4n) is 1.99. The van der Waals surface area contributed by atoms with Crippen molar-refractivity contribution in [1.82, 2.24) is 5.32 Å². The average molecular weight is 339 g/mol. The number of para-hydroxylation sites is 1. The minimum atomic E-state index is -0.173. The topological polar surface area (TPSA) is 50.4 Å². The predicted octanol–water partition coefficient (Wildman–Crippen LogP) is 3.73. The van der Waals surface area contributed by atoms with E-state index in [-0.39, 0.29) is 12.5 Å². The van der Waals surface area contributed by atoms with Crippen LogP contribution in [-0.2, 0) is 11.3 Å². The van der Waals surface area contributed by atoms with Crippen LogP contribution in [0.4, 0.5) is 5.69 Å². The number of methoxy groups -OCH3 is 1. The van der Waals surface area contributed by atoms with Crippen LogP contribution in [0.1, 0.15) is 5.56 Å². The number of benzene rings is 2. The second-order valence-corrected chi connectivity index (χ2v) is 5.49. The van der Waals surface area contributed by atoms with E-state index in [0.717, 1.165) is 11.3 Å². The first-order valence-electron chi connectivity index (χ1n) is 6.67. The zero-order chi connectivity index (χ0) is 15.9. The highest BCUT2D eigenvalue weighted by molar-refractivity contribution is 6.35. The first-order valence-corrected chi connectivity index (χ1v) is 7.42. The summed E-state index contributed by atoms with van der Waals surface area (Å²) in [7, 11) is 1.62. The van der Waals surface area contributed by atoms with Crippen molar-refractivity contribution in [1.29, 1.82) is 0 Å². The number of ether oxygens (including phenoxy) is 1. The van der Waals surface area contributed by atoms with E-state index in [1.165, 1.54) is 0 Å². The number of amides is 1. The molecule has 0 aliphatic carbocycles. The smallest absolute Gasteiger partial charge is 0.238 e. The third kappa shape index (κ3) is 4.91. The van der Waals surface area contributed by atoms with Gasteiger partial charge in [-0.15, -0.1) is 0 Å². The quantitative estimate of drug-likeness (QED) is 0.843. The fourth-order valence-corrected chi connectivity index (χ4v) is 2.52. The third-order valence-electron chi connectivity index (χ3n) is 2.94. The Bertz CT molecular complexity index is 642. The molecule has 4 nitrogen and oxygen atoms in total. The van der Waals surface area contributed by atoms with Gasteiger partial charge in [0.2, 0.25) is 5.91 Å². The molecular weight excluding hydrogens is 323 g/mol. The summed E-state index contributed by atoms with van der Waals surface area (Å²) in [4.78, 5) is 11.9. The molecule has 0 aliphatic heterocycles. The Morgan fingerprint density at radius 1 is 1.14 bits per heavy atom. The number of hydrogen-bond acceptors (Lipinski definition) is 3. The van der Waals surface area contributed by atoms with Gasteiger partial charge in [0.15, 0.2) is 0 Å². The van der Waals surface area contributed by atoms with Crippen LogP contribution in [-0.4, -0.2) is 19.6 Å². The Hall–Kier alpha value is -1.75. The third-order valence-corrected chi connectivity index (χ3v) is 3.38. The molecule has 22 heavy (non-hydrogen) atoms. The largest absolute Gasteiger partial charge is 0.496 e. The molecule has 0 unspecified atom stereocenters. The number of carbonyl (C=O) groups is 1. The maximum Gasteiger partial charge on any atom is 0.238 e. The SMILES string of the molecule is COc1ccccc1CNCC(=O)Nc1cc(Cl)cc(Cl)c1. The van der Waals surface area contributed by atoms with Crippen molar-refractivity contribution < 1.29 is 9.53 Å². The van der Waals surface area contributed by atoms with Gasteiger partial charge in [0, 0.05) is 27.8 Å². The van der Waals surface area contributed by atoms with Crippen molar-refractivity contribution in [3.63, 3.8) is 0 Å². The molecule has 2 aromatic rings. The zero-order valence-electron chi connectivity index (χ0n) is 12.0. The van der Waals surface area contributed by atoms with Gasteiger partial charge < -0.3 is 15.4 Å². The number of rotatable bonds is 6. The molecule has 1 amide bonds. The molecule has 0 spiro atoms. The van der Waals surface area contributed by atoms with Gasteiger partial charge in [-0.2, -0.15) is 0 Å². The zero-order valence-corrected chi connectivity index (χ0v) is 13.5. The molecule has 0 heterocycles. The number of hydrogen-bond donors (Lipinski definition) is 2. The van der Waals surface area contributed by atoms with E-state index >= 15 is 0 Å². The molecule has 2 N–H and O–H groups in total. The Balaban J connectivity index is 1.85. The summed E-state index contributed by atoms with van der Waals surface area (Å²) in [6.07, 6.45) is 0. The van der Waals surface area contributed by atoms with Crippen molar-refractivity contribution in [2.24, 2.45) is 0 Å². The minimum Gasteiger partial charge on any atom is -0.496 e. The predicted molar refractivity (Wildman–Crippen MR) is 89.8 cm³/mol. The van der Waals surface area contributed by atoms with Gasteiger partial charge >= 0.3 is 0 Å². The normalized spacial score (nSPS) is 10.3. The minimum absolute atomic E-state index is 0.169. The molecule has 0 fully saturated rings. The molecule has 2 rings (SSSR count). The summed E-state index contributed by atoms with van der Waals surface area (Å²) in [5, 5.41) is 6.76. The van der Waals surface area contributed by atoms with Crippen LogP contribution >= 0.6 is 23.2 Å². The molecular formula is C16H16Cl2N2O2. The number of carbonyl (C=O) groups excluding carboxylic acids is 1. The van der Waals surface area contributed by atoms with Crippen molar-refractivity contribution in [2.45, 2.75) is 6.54 Å². The van der Waals surface area contributed by atoms with Crippen molar-refractivity contribution in [2.75, 3.05) is 19.0 Å². The first kappa shape index (κ1) is 16.6. The summed E-state index contributed by atoms with van der Waals surface area (Å²) >= 11 is 11.8. The molecule has 116 valence electrons. The van der Waals surface area contributed by atoms with Gasteiger partial charge in [-0.3, -0.25) is 4.79 Å². The monoisotopic (exact) mass is 338 g/mol. The van der Waals surface area contributed by atoms with Crippen LogP contribution in [0.2, 0.25) is 10.0 Å². The van der Waals surface area contributed by atoms with E-state index in [9.17, 15) is 4.79 Å². The number of nitrogens with one attached hydrogen (secondary N) is 2. The van der Waals surface area contributed by atoms with E-state index in [1.54, 1.807) is 25.3 Å². The highest BCUT2D eigenvalue weighted by Crippen LogP contribution is 2.22. The Morgan fingerprint density at radius 2 is 1.82 bits per heavy atom. The molecule has 0 radical (unpaired) electrons. The lowest BCUT2D eigenvalue weighted by Crippen LogP contribution is -2.27. The molecule has 6 heteroatoms. The van der Waals surface area contributed by atoms with Gasteiger partial charge in [-0.1, -0.05) is 41.4 Å². The molecule has 0 aliphatic rings. The number of halogens is 2. The molecule has 0 bridgehead atoms. The average Bonchev–Trinajstić information content (AvgIpc) is 2.46. The second-order valence-electron chi connectivity index (χ2n) is 4.62. The van der Waals surface area contributed by atoms with Crippen LogP contribution < -0.4 is 15.4 Å². The Kier molecular flexibility index (Phi) is 6.07. The van der Waals surface area contributed by atoms with Crippen LogP contribution in [0.15, 0.2) is 42.5 Å². The molecule has 0 atom stereocenters. The Labute approximate surface area is 139 Å². The highest BCUT2D eigenvalue weighted by atomic mass is 35.5. The van der Waals surface area contributed by atoms with E-state index in [0.29, 0.717) is 22.3 Å². The summed E-state index contributed by atoms with van der Waals surface area (Å²) in [5.74, 6) is 0.616. The standard InChI is InChI=1S/C16H16Cl2N2O2/c1-22-15-5-3-2-4-11(15)9-19-10-16(21)20-14-7-12(17)6-13(18)8-14/h2-8,19H,9-10H2,1H3,(H,20,21). The lowest BCUT2D eigenvalue weighted by atomic mass is 10.2. The Morgan fingerprint density at radius 3 is 2.50 bits per heavy atom. The summed E-state index contributed by atoms with van der Waals surface area (Å²) in [5.41, 5.74) is 1.56. The van der Waals surface area contributed by atoms with Gasteiger partial charge in [-0.05, 0) is 24.3 Å². The molecule has 0 saturated heterocycles. The van der Waals surface area contributed by atoms with Crippen LogP contribution in [0.5, 0.6) is 5.75 Å². The second kappa shape index (κ2) is 8.03. The molecule has 0 aromatic heterocycles. The van der Waals surface area contributed by atoms with Gasteiger partial charge in [0.1, 0.15) is 5.75 Å². The van der Waals surface area contributed by atoms with Gasteiger partial charge in [0.25, 0.3) is 0 Å². The van der Waals surface area contributed by atoms with Crippen molar-refractivity contribution >= 4 is 34.8 Å². The summed E-state index contributed by atoms with van der Waals surface area (Å²) < 4.78 is 5.25. The molecule has 0 saturated carbocycles.